The highest BCUT2D eigenvalue weighted by atomic mass is 16.6. The Morgan fingerprint density at radius 3 is 3.09 bits per heavy atom. The molecule has 0 spiro atoms. The van der Waals surface area contributed by atoms with Crippen molar-refractivity contribution in [3.05, 3.63) is 0 Å². The zero-order chi connectivity index (χ0) is 8.01. The van der Waals surface area contributed by atoms with Gasteiger partial charge in [0.25, 0.3) is 0 Å². The largest absolute Gasteiger partial charge is 0.447 e. The monoisotopic (exact) mass is 157 g/mol. The van der Waals surface area contributed by atoms with Crippen LogP contribution in [-0.2, 0) is 4.74 Å². The molecule has 0 aromatic heterocycles. The van der Waals surface area contributed by atoms with Crippen molar-refractivity contribution in [3.63, 3.8) is 0 Å². The van der Waals surface area contributed by atoms with Crippen LogP contribution in [-0.4, -0.2) is 41.4 Å². The van der Waals surface area contributed by atoms with Gasteiger partial charge in [0.1, 0.15) is 6.61 Å². The number of aliphatic hydroxyl groups excluding tert-OH is 1. The van der Waals surface area contributed by atoms with Crippen LogP contribution in [0.5, 0.6) is 0 Å². The van der Waals surface area contributed by atoms with Gasteiger partial charge in [0.05, 0.1) is 12.1 Å². The van der Waals surface area contributed by atoms with E-state index in [4.69, 9.17) is 4.74 Å². The van der Waals surface area contributed by atoms with Gasteiger partial charge in [-0.1, -0.05) is 6.92 Å². The summed E-state index contributed by atoms with van der Waals surface area (Å²) in [5, 5.41) is 9.51. The van der Waals surface area contributed by atoms with E-state index in [1.165, 1.54) is 0 Å². The minimum Gasteiger partial charge on any atom is -0.447 e. The Labute approximate surface area is 64.7 Å². The van der Waals surface area contributed by atoms with Gasteiger partial charge in [-0.05, 0) is 0 Å². The predicted molar refractivity (Wildman–Crippen MR) is 37.0 cm³/mol. The van der Waals surface area contributed by atoms with Crippen molar-refractivity contribution in [2.45, 2.75) is 19.1 Å². The molecule has 0 bridgehead atoms. The smallest absolute Gasteiger partial charge is 0.410 e. The second kappa shape index (κ2) is 2.11. The van der Waals surface area contributed by atoms with Crippen LogP contribution >= 0.6 is 0 Å². The molecule has 2 fully saturated rings. The number of carbonyl (C=O) groups excluding carboxylic acids is 1. The third-order valence-electron chi connectivity index (χ3n) is 2.47. The van der Waals surface area contributed by atoms with Crippen molar-refractivity contribution in [2.24, 2.45) is 5.92 Å². The Bertz CT molecular complexity index is 194. The van der Waals surface area contributed by atoms with Crippen LogP contribution < -0.4 is 0 Å². The molecular weight excluding hydrogens is 146 g/mol. The fraction of sp³-hybridized carbons (Fsp3) is 0.857. The Kier molecular flexibility index (Phi) is 1.32. The van der Waals surface area contributed by atoms with E-state index in [1.807, 2.05) is 6.92 Å². The van der Waals surface area contributed by atoms with Gasteiger partial charge in [-0.3, -0.25) is 4.90 Å². The Hall–Kier alpha value is -0.770. The zero-order valence-electron chi connectivity index (χ0n) is 6.36. The molecule has 1 amide bonds. The third-order valence-corrected chi connectivity index (χ3v) is 2.47. The molecule has 0 aliphatic carbocycles. The second-order valence-corrected chi connectivity index (χ2v) is 3.26. The summed E-state index contributed by atoms with van der Waals surface area (Å²) in [6, 6.07) is -0.0856. The molecule has 2 heterocycles. The Balaban J connectivity index is 2.18. The highest BCUT2D eigenvalue weighted by Gasteiger charge is 2.46. The summed E-state index contributed by atoms with van der Waals surface area (Å²) in [6.45, 7) is 2.92. The average Bonchev–Trinajstić information content (AvgIpc) is 2.43. The molecule has 2 aliphatic heterocycles. The molecule has 62 valence electrons. The molecule has 2 aliphatic rings. The standard InChI is InChI=1S/C7H11NO3/c1-4-2-8-5(6(4)9)3-11-7(8)10/h4-6,9H,2-3H2,1H3/t4-,5-,6-/m1/s1. The van der Waals surface area contributed by atoms with E-state index in [0.717, 1.165) is 0 Å². The molecule has 1 N–H and O–H groups in total. The van der Waals surface area contributed by atoms with Gasteiger partial charge in [-0.25, -0.2) is 4.79 Å². The summed E-state index contributed by atoms with van der Waals surface area (Å²) >= 11 is 0. The van der Waals surface area contributed by atoms with E-state index in [-0.39, 0.29) is 18.1 Å². The summed E-state index contributed by atoms with van der Waals surface area (Å²) in [7, 11) is 0. The lowest BCUT2D eigenvalue weighted by molar-refractivity contribution is 0.104. The van der Waals surface area contributed by atoms with Crippen molar-refractivity contribution in [3.8, 4) is 0 Å². The summed E-state index contributed by atoms with van der Waals surface area (Å²) in [4.78, 5) is 12.5. The first kappa shape index (κ1) is 6.91. The van der Waals surface area contributed by atoms with Crippen molar-refractivity contribution in [2.75, 3.05) is 13.2 Å². The summed E-state index contributed by atoms with van der Waals surface area (Å²) < 4.78 is 4.77. The minimum atomic E-state index is -0.401. The summed E-state index contributed by atoms with van der Waals surface area (Å²) in [5.41, 5.74) is 0. The Morgan fingerprint density at radius 2 is 2.45 bits per heavy atom. The van der Waals surface area contributed by atoms with Gasteiger partial charge in [0.15, 0.2) is 0 Å². The van der Waals surface area contributed by atoms with E-state index in [9.17, 15) is 9.90 Å². The third kappa shape index (κ3) is 0.822. The second-order valence-electron chi connectivity index (χ2n) is 3.26. The maximum atomic E-state index is 10.9. The molecule has 4 heteroatoms. The Morgan fingerprint density at radius 1 is 1.73 bits per heavy atom. The topological polar surface area (TPSA) is 49.8 Å². The number of rotatable bonds is 0. The molecule has 0 saturated carbocycles. The van der Waals surface area contributed by atoms with E-state index in [2.05, 4.69) is 0 Å². The fourth-order valence-corrected chi connectivity index (χ4v) is 1.76. The number of carbonyl (C=O) groups is 1. The number of hydrogen-bond acceptors (Lipinski definition) is 3. The van der Waals surface area contributed by atoms with Crippen LogP contribution in [0, 0.1) is 5.92 Å². The van der Waals surface area contributed by atoms with Crippen molar-refractivity contribution < 1.29 is 14.6 Å². The number of fused-ring (bicyclic) bond motifs is 1. The van der Waals surface area contributed by atoms with Crippen LogP contribution in [0.4, 0.5) is 4.79 Å². The van der Waals surface area contributed by atoms with Gasteiger partial charge in [-0.15, -0.1) is 0 Å². The first-order valence-electron chi connectivity index (χ1n) is 3.81. The van der Waals surface area contributed by atoms with Crippen molar-refractivity contribution in [1.82, 2.24) is 4.90 Å². The molecule has 11 heavy (non-hydrogen) atoms. The van der Waals surface area contributed by atoms with Crippen LogP contribution in [0.2, 0.25) is 0 Å². The van der Waals surface area contributed by atoms with Crippen LogP contribution in [0.3, 0.4) is 0 Å². The molecule has 3 atom stereocenters. The zero-order valence-corrected chi connectivity index (χ0v) is 6.36. The maximum absolute atomic E-state index is 10.9. The lowest BCUT2D eigenvalue weighted by Crippen LogP contribution is -2.32. The average molecular weight is 157 g/mol. The predicted octanol–water partition coefficient (Wildman–Crippen LogP) is -0.182. The van der Waals surface area contributed by atoms with Gasteiger partial charge in [0, 0.05) is 12.5 Å². The van der Waals surface area contributed by atoms with Crippen LogP contribution in [0.1, 0.15) is 6.92 Å². The molecule has 4 nitrogen and oxygen atoms in total. The van der Waals surface area contributed by atoms with E-state index >= 15 is 0 Å². The molecule has 0 radical (unpaired) electrons. The number of cyclic esters (lactones) is 1. The summed E-state index contributed by atoms with van der Waals surface area (Å²) in [5.74, 6) is 0.188. The van der Waals surface area contributed by atoms with E-state index in [1.54, 1.807) is 4.90 Å². The minimum absolute atomic E-state index is 0.0856. The number of aliphatic hydroxyl groups is 1. The molecule has 0 aromatic rings. The summed E-state index contributed by atoms with van der Waals surface area (Å²) in [6.07, 6.45) is -0.681. The SMILES string of the molecule is C[C@@H]1CN2C(=O)OC[C@@H]2[C@@H]1O. The van der Waals surface area contributed by atoms with Crippen molar-refractivity contribution in [1.29, 1.82) is 0 Å². The highest BCUT2D eigenvalue weighted by molar-refractivity contribution is 5.70. The lowest BCUT2D eigenvalue weighted by atomic mass is 10.1. The molecule has 2 saturated heterocycles. The lowest BCUT2D eigenvalue weighted by Gasteiger charge is -2.11. The number of nitrogens with zero attached hydrogens (tertiary/aromatic N) is 1. The number of hydrogen-bond donors (Lipinski definition) is 1. The number of ether oxygens (including phenoxy) is 1. The molecule has 0 unspecified atom stereocenters. The maximum Gasteiger partial charge on any atom is 0.410 e. The van der Waals surface area contributed by atoms with Crippen molar-refractivity contribution >= 4 is 6.09 Å². The van der Waals surface area contributed by atoms with E-state index in [0.29, 0.717) is 13.2 Å². The van der Waals surface area contributed by atoms with Gasteiger partial charge in [0.2, 0.25) is 0 Å². The first-order valence-corrected chi connectivity index (χ1v) is 3.81. The van der Waals surface area contributed by atoms with Gasteiger partial charge >= 0.3 is 6.09 Å². The molecular formula is C7H11NO3. The van der Waals surface area contributed by atoms with Gasteiger partial charge in [-0.2, -0.15) is 0 Å². The van der Waals surface area contributed by atoms with Gasteiger partial charge < -0.3 is 9.84 Å². The normalized spacial score (nSPS) is 42.5. The number of amides is 1. The van der Waals surface area contributed by atoms with Crippen LogP contribution in [0.25, 0.3) is 0 Å². The quantitative estimate of drug-likeness (QED) is 0.530. The van der Waals surface area contributed by atoms with E-state index < -0.39 is 6.10 Å². The molecule has 0 aromatic carbocycles. The fourth-order valence-electron chi connectivity index (χ4n) is 1.76. The molecule has 2 rings (SSSR count). The highest BCUT2D eigenvalue weighted by Crippen LogP contribution is 2.28. The first-order chi connectivity index (χ1) is 5.20. The van der Waals surface area contributed by atoms with Crippen LogP contribution in [0.15, 0.2) is 0 Å².